The van der Waals surface area contributed by atoms with E-state index in [9.17, 15) is 4.79 Å². The smallest absolute Gasteiger partial charge is 0.257 e. The molecule has 0 saturated carbocycles. The Morgan fingerprint density at radius 3 is 2.53 bits per heavy atom. The number of hydrogen-bond donors (Lipinski definition) is 2. The Labute approximate surface area is 174 Å². The highest BCUT2D eigenvalue weighted by atomic mass is 16.1. The molecule has 0 saturated heterocycles. The van der Waals surface area contributed by atoms with Gasteiger partial charge in [-0.1, -0.05) is 43.3 Å². The molecule has 7 heteroatoms. The van der Waals surface area contributed by atoms with Crippen molar-refractivity contribution in [2.45, 2.75) is 33.2 Å². The average Bonchev–Trinajstić information content (AvgIpc) is 3.01. The molecule has 0 fully saturated rings. The number of nitrogens with one attached hydrogen (secondary N) is 1. The summed E-state index contributed by atoms with van der Waals surface area (Å²) in [6.07, 6.45) is 2.53. The monoisotopic (exact) mass is 400 g/mol. The summed E-state index contributed by atoms with van der Waals surface area (Å²) in [5.41, 5.74) is 11.0. The number of hydrogen-bond acceptors (Lipinski definition) is 5. The second-order valence-corrected chi connectivity index (χ2v) is 7.34. The molecular formula is C23H24N6O. The highest BCUT2D eigenvalue weighted by Crippen LogP contribution is 2.28. The summed E-state index contributed by atoms with van der Waals surface area (Å²) in [7, 11) is 0. The van der Waals surface area contributed by atoms with Crippen molar-refractivity contribution in [3.8, 4) is 0 Å². The number of para-hydroxylation sites is 2. The van der Waals surface area contributed by atoms with Crippen LogP contribution in [0.1, 0.15) is 41.8 Å². The number of carbonyl (C=O) groups excluding carboxylic acids is 1. The van der Waals surface area contributed by atoms with Crippen molar-refractivity contribution in [3.05, 3.63) is 65.2 Å². The Balaban J connectivity index is 1.92. The van der Waals surface area contributed by atoms with Gasteiger partial charge in [0.2, 0.25) is 0 Å². The summed E-state index contributed by atoms with van der Waals surface area (Å²) in [5, 5.41) is 7.53. The maximum Gasteiger partial charge on any atom is 0.257 e. The van der Waals surface area contributed by atoms with Crippen LogP contribution in [-0.2, 0) is 0 Å². The van der Waals surface area contributed by atoms with E-state index < -0.39 is 0 Å². The molecule has 0 aliphatic carbocycles. The second-order valence-electron chi connectivity index (χ2n) is 7.34. The first-order chi connectivity index (χ1) is 14.5. The van der Waals surface area contributed by atoms with Gasteiger partial charge in [-0.15, -0.1) is 0 Å². The van der Waals surface area contributed by atoms with Gasteiger partial charge in [0.05, 0.1) is 17.2 Å². The molecule has 4 aromatic rings. The van der Waals surface area contributed by atoms with Crippen LogP contribution in [0.3, 0.4) is 0 Å². The Morgan fingerprint density at radius 2 is 1.83 bits per heavy atom. The zero-order valence-electron chi connectivity index (χ0n) is 17.3. The van der Waals surface area contributed by atoms with Crippen molar-refractivity contribution >= 4 is 40.1 Å². The summed E-state index contributed by atoms with van der Waals surface area (Å²) in [5.74, 6) is -0.0628. The van der Waals surface area contributed by atoms with Crippen LogP contribution in [-0.4, -0.2) is 32.8 Å². The number of fused-ring (bicyclic) bond motifs is 2. The van der Waals surface area contributed by atoms with E-state index in [1.807, 2.05) is 69.3 Å². The number of benzene rings is 2. The Bertz CT molecular complexity index is 1270. The van der Waals surface area contributed by atoms with Gasteiger partial charge >= 0.3 is 0 Å². The lowest BCUT2D eigenvalue weighted by atomic mass is 10.1. The molecule has 2 aromatic heterocycles. The van der Waals surface area contributed by atoms with Gasteiger partial charge in [-0.2, -0.15) is 9.78 Å². The van der Waals surface area contributed by atoms with Crippen molar-refractivity contribution in [2.75, 3.05) is 5.73 Å². The zero-order valence-corrected chi connectivity index (χ0v) is 17.3. The van der Waals surface area contributed by atoms with E-state index >= 15 is 0 Å². The van der Waals surface area contributed by atoms with E-state index in [1.54, 1.807) is 6.21 Å². The largest absolute Gasteiger partial charge is 0.383 e. The SMILES string of the molecule is CC[C@@H](C)NC(=O)c1c(N)n(/N=C\c2ccccc2C)c2nc3ccccc3nc12. The Morgan fingerprint density at radius 1 is 1.17 bits per heavy atom. The van der Waals surface area contributed by atoms with E-state index in [0.717, 1.165) is 17.5 Å². The van der Waals surface area contributed by atoms with Crippen molar-refractivity contribution in [1.82, 2.24) is 20.0 Å². The molecule has 2 heterocycles. The maximum absolute atomic E-state index is 13.0. The fraction of sp³-hybridized carbons (Fsp3) is 0.217. The summed E-state index contributed by atoms with van der Waals surface area (Å²) >= 11 is 0. The van der Waals surface area contributed by atoms with Gasteiger partial charge in [-0.25, -0.2) is 9.97 Å². The predicted molar refractivity (Wildman–Crippen MR) is 121 cm³/mol. The first kappa shape index (κ1) is 19.6. The van der Waals surface area contributed by atoms with Crippen LogP contribution >= 0.6 is 0 Å². The number of rotatable bonds is 5. The number of aromatic nitrogens is 3. The van der Waals surface area contributed by atoms with Crippen molar-refractivity contribution in [2.24, 2.45) is 5.10 Å². The molecule has 152 valence electrons. The lowest BCUT2D eigenvalue weighted by Crippen LogP contribution is -2.32. The fourth-order valence-corrected chi connectivity index (χ4v) is 3.24. The minimum Gasteiger partial charge on any atom is -0.383 e. The number of anilines is 1. The van der Waals surface area contributed by atoms with E-state index in [0.29, 0.717) is 27.8 Å². The lowest BCUT2D eigenvalue weighted by molar-refractivity contribution is 0.0941. The first-order valence-corrected chi connectivity index (χ1v) is 9.97. The highest BCUT2D eigenvalue weighted by molar-refractivity contribution is 6.10. The third-order valence-electron chi connectivity index (χ3n) is 5.19. The van der Waals surface area contributed by atoms with Crippen LogP contribution in [0.2, 0.25) is 0 Å². The van der Waals surface area contributed by atoms with E-state index in [1.165, 1.54) is 4.68 Å². The van der Waals surface area contributed by atoms with E-state index in [-0.39, 0.29) is 17.8 Å². The molecule has 0 bridgehead atoms. The Kier molecular flexibility index (Phi) is 5.18. The van der Waals surface area contributed by atoms with Gasteiger partial charge < -0.3 is 11.1 Å². The summed E-state index contributed by atoms with van der Waals surface area (Å²) in [6.45, 7) is 5.97. The molecule has 2 aromatic carbocycles. The lowest BCUT2D eigenvalue weighted by Gasteiger charge is -2.11. The molecule has 0 aliphatic heterocycles. The van der Waals surface area contributed by atoms with E-state index in [4.69, 9.17) is 10.7 Å². The number of amides is 1. The van der Waals surface area contributed by atoms with Crippen LogP contribution in [0.5, 0.6) is 0 Å². The number of aryl methyl sites for hydroxylation is 1. The van der Waals surface area contributed by atoms with Gasteiger partial charge in [-0.05, 0) is 43.5 Å². The van der Waals surface area contributed by atoms with E-state index in [2.05, 4.69) is 15.4 Å². The fourth-order valence-electron chi connectivity index (χ4n) is 3.24. The zero-order chi connectivity index (χ0) is 21.3. The molecule has 0 unspecified atom stereocenters. The number of nitrogens with two attached hydrogens (primary N) is 1. The van der Waals surface area contributed by atoms with Crippen LogP contribution < -0.4 is 11.1 Å². The van der Waals surface area contributed by atoms with Crippen LogP contribution in [0, 0.1) is 6.92 Å². The molecule has 30 heavy (non-hydrogen) atoms. The van der Waals surface area contributed by atoms with Gasteiger partial charge in [-0.3, -0.25) is 4.79 Å². The molecule has 0 aliphatic rings. The van der Waals surface area contributed by atoms with Gasteiger partial charge in [0.1, 0.15) is 16.9 Å². The number of nitrogen functional groups attached to an aromatic ring is 1. The molecule has 4 rings (SSSR count). The topological polar surface area (TPSA) is 98.2 Å². The summed E-state index contributed by atoms with van der Waals surface area (Å²) in [6, 6.07) is 15.4. The number of carbonyl (C=O) groups is 1. The molecule has 1 amide bonds. The third kappa shape index (κ3) is 3.50. The van der Waals surface area contributed by atoms with Crippen LogP contribution in [0.4, 0.5) is 5.82 Å². The highest BCUT2D eigenvalue weighted by Gasteiger charge is 2.24. The normalized spacial score (nSPS) is 12.6. The Hall–Kier alpha value is -3.74. The van der Waals surface area contributed by atoms with Crippen molar-refractivity contribution < 1.29 is 4.79 Å². The van der Waals surface area contributed by atoms with Crippen LogP contribution in [0.25, 0.3) is 22.2 Å². The molecule has 7 nitrogen and oxygen atoms in total. The van der Waals surface area contributed by atoms with Gasteiger partial charge in [0, 0.05) is 6.04 Å². The second kappa shape index (κ2) is 7.94. The van der Waals surface area contributed by atoms with Crippen molar-refractivity contribution in [3.63, 3.8) is 0 Å². The molecular weight excluding hydrogens is 376 g/mol. The average molecular weight is 400 g/mol. The quantitative estimate of drug-likeness (QED) is 0.497. The molecule has 0 spiro atoms. The minimum atomic E-state index is -0.277. The third-order valence-corrected chi connectivity index (χ3v) is 5.19. The molecule has 0 radical (unpaired) electrons. The summed E-state index contributed by atoms with van der Waals surface area (Å²) in [4.78, 5) is 22.4. The first-order valence-electron chi connectivity index (χ1n) is 9.97. The van der Waals surface area contributed by atoms with Crippen molar-refractivity contribution in [1.29, 1.82) is 0 Å². The predicted octanol–water partition coefficient (Wildman–Crippen LogP) is 3.89. The minimum absolute atomic E-state index is 0.0131. The van der Waals surface area contributed by atoms with Gasteiger partial charge in [0.25, 0.3) is 5.91 Å². The molecule has 1 atom stereocenters. The standard InChI is InChI=1S/C23H24N6O/c1-4-15(3)26-23(30)19-20-22(28-18-12-8-7-11-17(18)27-20)29(21(19)24)25-13-16-10-6-5-9-14(16)2/h5-13,15H,4,24H2,1-3H3,(H,26,30)/b25-13-/t15-/m1/s1. The van der Waals surface area contributed by atoms with Gasteiger partial charge in [0.15, 0.2) is 5.65 Å². The summed E-state index contributed by atoms with van der Waals surface area (Å²) < 4.78 is 1.49. The van der Waals surface area contributed by atoms with Crippen LogP contribution in [0.15, 0.2) is 53.6 Å². The maximum atomic E-state index is 13.0. The number of nitrogens with zero attached hydrogens (tertiary/aromatic N) is 4. The molecule has 3 N–H and O–H groups in total.